The summed E-state index contributed by atoms with van der Waals surface area (Å²) >= 11 is 0. The minimum Gasteiger partial charge on any atom is -0.429 e. The van der Waals surface area contributed by atoms with E-state index >= 15 is 0 Å². The van der Waals surface area contributed by atoms with Gasteiger partial charge < -0.3 is 14.2 Å². The average Bonchev–Trinajstić information content (AvgIpc) is 2.41. The first-order chi connectivity index (χ1) is 9.10. The van der Waals surface area contributed by atoms with Crippen LogP contribution in [0.2, 0.25) is 0 Å². The van der Waals surface area contributed by atoms with Crippen LogP contribution in [-0.4, -0.2) is 18.9 Å². The van der Waals surface area contributed by atoms with Crippen molar-refractivity contribution in [3.63, 3.8) is 0 Å². The highest BCUT2D eigenvalue weighted by Gasteiger charge is 2.37. The van der Waals surface area contributed by atoms with Gasteiger partial charge in [0.2, 0.25) is 0 Å². The molecule has 0 saturated heterocycles. The fraction of sp³-hybridized carbons (Fsp3) is 0.417. The van der Waals surface area contributed by atoms with Crippen LogP contribution in [0.1, 0.15) is 19.4 Å². The number of ether oxygens (including phenoxy) is 3. The molecule has 0 spiro atoms. The van der Waals surface area contributed by atoms with E-state index in [1.807, 2.05) is 0 Å². The van der Waals surface area contributed by atoms with E-state index in [1.165, 1.54) is 6.07 Å². The quantitative estimate of drug-likeness (QED) is 0.569. The second kappa shape index (κ2) is 7.15. The molecular formula is C12H13FNO4P. The molecule has 0 unspecified atom stereocenters. The summed E-state index contributed by atoms with van der Waals surface area (Å²) in [6, 6.07) is 5.18. The smallest absolute Gasteiger partial charge is 0.413 e. The molecule has 0 aliphatic carbocycles. The predicted molar refractivity (Wildman–Crippen MR) is 65.3 cm³/mol. The maximum atomic E-state index is 13.0. The minimum atomic E-state index is -1.83. The van der Waals surface area contributed by atoms with Crippen LogP contribution in [0, 0.1) is 17.1 Å². The number of nitriles is 1. The standard InChI is InChI=1S/C12H13FNO4P/c1-3-16-12(19-15,17-4-2)18-11-6-5-10(13)7-9(11)8-14/h5-7H,3-4H2,1-2H3. The van der Waals surface area contributed by atoms with Crippen molar-refractivity contribution in [2.24, 2.45) is 0 Å². The summed E-state index contributed by atoms with van der Waals surface area (Å²) in [6.45, 7) is 3.74. The predicted octanol–water partition coefficient (Wildman–Crippen LogP) is 3.05. The number of hydrogen-bond acceptors (Lipinski definition) is 5. The zero-order valence-corrected chi connectivity index (χ0v) is 11.4. The highest BCUT2D eigenvalue weighted by atomic mass is 31.1. The number of nitrogens with zero attached hydrogens (tertiary/aromatic N) is 1. The summed E-state index contributed by atoms with van der Waals surface area (Å²) < 4.78 is 40.0. The lowest BCUT2D eigenvalue weighted by atomic mass is 10.2. The van der Waals surface area contributed by atoms with Crippen molar-refractivity contribution in [3.8, 4) is 11.8 Å². The molecule has 19 heavy (non-hydrogen) atoms. The maximum Gasteiger partial charge on any atom is 0.413 e. The Morgan fingerprint density at radius 2 is 2.00 bits per heavy atom. The Hall–Kier alpha value is -1.54. The van der Waals surface area contributed by atoms with Crippen molar-refractivity contribution in [1.29, 1.82) is 5.26 Å². The van der Waals surface area contributed by atoms with E-state index in [1.54, 1.807) is 19.9 Å². The second-order valence-electron chi connectivity index (χ2n) is 3.34. The Morgan fingerprint density at radius 1 is 1.37 bits per heavy atom. The largest absolute Gasteiger partial charge is 0.429 e. The second-order valence-corrected chi connectivity index (χ2v) is 4.07. The van der Waals surface area contributed by atoms with Crippen LogP contribution < -0.4 is 4.74 Å². The summed E-state index contributed by atoms with van der Waals surface area (Å²) in [5.41, 5.74) is -1.86. The zero-order valence-electron chi connectivity index (χ0n) is 10.6. The van der Waals surface area contributed by atoms with Gasteiger partial charge in [0.05, 0.1) is 18.8 Å². The molecule has 0 aliphatic heterocycles. The fourth-order valence-corrected chi connectivity index (χ4v) is 1.85. The van der Waals surface area contributed by atoms with E-state index in [0.29, 0.717) is 0 Å². The molecule has 1 aromatic carbocycles. The lowest BCUT2D eigenvalue weighted by Gasteiger charge is -2.26. The lowest BCUT2D eigenvalue weighted by molar-refractivity contribution is -0.277. The molecule has 0 bridgehead atoms. The fourth-order valence-electron chi connectivity index (χ4n) is 1.35. The molecule has 0 heterocycles. The molecule has 0 amide bonds. The third-order valence-corrected chi connectivity index (χ3v) is 2.64. The Labute approximate surface area is 112 Å². The first-order valence-corrected chi connectivity index (χ1v) is 6.43. The number of rotatable bonds is 7. The van der Waals surface area contributed by atoms with Crippen molar-refractivity contribution in [2.45, 2.75) is 19.6 Å². The van der Waals surface area contributed by atoms with Crippen LogP contribution in [0.25, 0.3) is 0 Å². The molecule has 5 nitrogen and oxygen atoms in total. The first kappa shape index (κ1) is 15.5. The van der Waals surface area contributed by atoms with Gasteiger partial charge in [0, 0.05) is 0 Å². The van der Waals surface area contributed by atoms with E-state index in [-0.39, 0.29) is 24.5 Å². The Bertz CT molecular complexity index is 483. The van der Waals surface area contributed by atoms with Gasteiger partial charge >= 0.3 is 5.71 Å². The zero-order chi connectivity index (χ0) is 14.3. The molecule has 0 atom stereocenters. The lowest BCUT2D eigenvalue weighted by Crippen LogP contribution is -2.36. The number of hydrogen-bond donors (Lipinski definition) is 0. The molecule has 7 heteroatoms. The Morgan fingerprint density at radius 3 is 2.47 bits per heavy atom. The molecule has 0 aromatic heterocycles. The average molecular weight is 285 g/mol. The molecule has 0 radical (unpaired) electrons. The van der Waals surface area contributed by atoms with Gasteiger partial charge in [-0.1, -0.05) is 0 Å². The van der Waals surface area contributed by atoms with E-state index in [0.717, 1.165) is 12.1 Å². The normalized spacial score (nSPS) is 11.3. The van der Waals surface area contributed by atoms with E-state index in [9.17, 15) is 8.96 Å². The third-order valence-electron chi connectivity index (χ3n) is 2.07. The van der Waals surface area contributed by atoms with Crippen molar-refractivity contribution in [3.05, 3.63) is 29.6 Å². The summed E-state index contributed by atoms with van der Waals surface area (Å²) in [6.07, 6.45) is 0. The molecule has 0 aliphatic rings. The van der Waals surface area contributed by atoms with Gasteiger partial charge in [-0.05, 0) is 32.0 Å². The minimum absolute atomic E-state index is 0.0348. The maximum absolute atomic E-state index is 13.0. The molecule has 0 saturated carbocycles. The van der Waals surface area contributed by atoms with E-state index in [2.05, 4.69) is 0 Å². The van der Waals surface area contributed by atoms with Crippen molar-refractivity contribution in [2.75, 3.05) is 13.2 Å². The van der Waals surface area contributed by atoms with Crippen LogP contribution in [0.4, 0.5) is 4.39 Å². The molecule has 0 N–H and O–H groups in total. The van der Waals surface area contributed by atoms with Crippen LogP contribution in [0.15, 0.2) is 18.2 Å². The molecule has 1 aromatic rings. The Balaban J connectivity index is 3.09. The number of halogens is 1. The van der Waals surface area contributed by atoms with Crippen LogP contribution >= 0.6 is 8.46 Å². The van der Waals surface area contributed by atoms with Gasteiger partial charge in [-0.3, -0.25) is 4.57 Å². The van der Waals surface area contributed by atoms with Crippen molar-refractivity contribution >= 4 is 8.46 Å². The molecule has 0 fully saturated rings. The van der Waals surface area contributed by atoms with Crippen LogP contribution in [0.3, 0.4) is 0 Å². The van der Waals surface area contributed by atoms with E-state index in [4.69, 9.17) is 19.5 Å². The summed E-state index contributed by atoms with van der Waals surface area (Å²) in [5, 5.41) is 8.91. The highest BCUT2D eigenvalue weighted by Crippen LogP contribution is 2.32. The molecular weight excluding hydrogens is 272 g/mol. The van der Waals surface area contributed by atoms with Gasteiger partial charge in [0.1, 0.15) is 17.6 Å². The van der Waals surface area contributed by atoms with Gasteiger partial charge in [-0.2, -0.15) is 5.26 Å². The summed E-state index contributed by atoms with van der Waals surface area (Å²) in [5.74, 6) is -0.531. The third kappa shape index (κ3) is 3.97. The summed E-state index contributed by atoms with van der Waals surface area (Å²) in [4.78, 5) is 0. The monoisotopic (exact) mass is 285 g/mol. The topological polar surface area (TPSA) is 68.6 Å². The van der Waals surface area contributed by atoms with Crippen molar-refractivity contribution in [1.82, 2.24) is 0 Å². The van der Waals surface area contributed by atoms with E-state index < -0.39 is 20.0 Å². The van der Waals surface area contributed by atoms with Gasteiger partial charge in [-0.15, -0.1) is 0 Å². The van der Waals surface area contributed by atoms with Gasteiger partial charge in [-0.25, -0.2) is 4.39 Å². The Kier molecular flexibility index (Phi) is 5.84. The first-order valence-electron chi connectivity index (χ1n) is 5.61. The highest BCUT2D eigenvalue weighted by molar-refractivity contribution is 7.25. The molecule has 1 rings (SSSR count). The van der Waals surface area contributed by atoms with Gasteiger partial charge in [0.15, 0.2) is 0 Å². The van der Waals surface area contributed by atoms with Crippen LogP contribution in [-0.2, 0) is 14.0 Å². The summed E-state index contributed by atoms with van der Waals surface area (Å²) in [7, 11) is -0.551. The number of benzene rings is 1. The van der Waals surface area contributed by atoms with Crippen LogP contribution in [0.5, 0.6) is 5.75 Å². The van der Waals surface area contributed by atoms with Crippen molar-refractivity contribution < 1.29 is 23.2 Å². The molecule has 102 valence electrons. The van der Waals surface area contributed by atoms with Gasteiger partial charge in [0.25, 0.3) is 8.46 Å². The SMILES string of the molecule is CCOC(OCC)(Oc1ccc(F)cc1C#N)P=O.